The lowest BCUT2D eigenvalue weighted by Crippen LogP contribution is -2.26. The molecule has 0 saturated carbocycles. The van der Waals surface area contributed by atoms with Crippen LogP contribution in [0.5, 0.6) is 0 Å². The van der Waals surface area contributed by atoms with Gasteiger partial charge in [0.15, 0.2) is 0 Å². The van der Waals surface area contributed by atoms with E-state index in [-0.39, 0.29) is 5.82 Å². The molecule has 0 radical (unpaired) electrons. The predicted octanol–water partition coefficient (Wildman–Crippen LogP) is 1.40. The fourth-order valence-electron chi connectivity index (χ4n) is 1.27. The van der Waals surface area contributed by atoms with Gasteiger partial charge in [-0.2, -0.15) is 0 Å². The van der Waals surface area contributed by atoms with Crippen LogP contribution in [0.25, 0.3) is 0 Å². The van der Waals surface area contributed by atoms with Crippen LogP contribution in [0.2, 0.25) is 0 Å². The third-order valence-electron chi connectivity index (χ3n) is 2.05. The summed E-state index contributed by atoms with van der Waals surface area (Å²) in [5.41, 5.74) is 5.43. The maximum absolute atomic E-state index is 12.6. The summed E-state index contributed by atoms with van der Waals surface area (Å²) in [7, 11) is 0. The van der Waals surface area contributed by atoms with Gasteiger partial charge in [-0.05, 0) is 32.0 Å². The van der Waals surface area contributed by atoms with Crippen LogP contribution in [0, 0.1) is 5.82 Å². The second kappa shape index (κ2) is 5.54. The number of hydrogen-bond acceptors (Lipinski definition) is 3. The molecule has 0 aliphatic carbocycles. The van der Waals surface area contributed by atoms with E-state index in [0.29, 0.717) is 6.54 Å². The van der Waals surface area contributed by atoms with Gasteiger partial charge in [0.25, 0.3) is 0 Å². The van der Waals surface area contributed by atoms with Crippen molar-refractivity contribution < 1.29 is 4.39 Å². The average Bonchev–Trinajstić information content (AvgIpc) is 2.21. The summed E-state index contributed by atoms with van der Waals surface area (Å²) in [5.74, 6) is 0.506. The molecular formula is C10H16FN3. The predicted molar refractivity (Wildman–Crippen MR) is 55.8 cm³/mol. The minimum atomic E-state index is -0.302. The Balaban J connectivity index is 2.64. The van der Waals surface area contributed by atoms with Gasteiger partial charge >= 0.3 is 0 Å². The topological polar surface area (TPSA) is 42.1 Å². The standard InChI is InChI=1S/C10H16FN3/c1-2-14(7-3-6-12)10-5-4-9(11)8-13-10/h4-5,8H,2-3,6-7,12H2,1H3. The van der Waals surface area contributed by atoms with Gasteiger partial charge in [-0.3, -0.25) is 0 Å². The smallest absolute Gasteiger partial charge is 0.141 e. The second-order valence-corrected chi connectivity index (χ2v) is 3.06. The highest BCUT2D eigenvalue weighted by molar-refractivity contribution is 5.37. The van der Waals surface area contributed by atoms with E-state index in [2.05, 4.69) is 9.88 Å². The maximum Gasteiger partial charge on any atom is 0.141 e. The van der Waals surface area contributed by atoms with Gasteiger partial charge in [-0.15, -0.1) is 0 Å². The highest BCUT2D eigenvalue weighted by Crippen LogP contribution is 2.10. The zero-order chi connectivity index (χ0) is 10.4. The van der Waals surface area contributed by atoms with E-state index in [1.54, 1.807) is 6.07 Å². The molecule has 0 bridgehead atoms. The van der Waals surface area contributed by atoms with Crippen molar-refractivity contribution in [2.75, 3.05) is 24.5 Å². The molecule has 14 heavy (non-hydrogen) atoms. The lowest BCUT2D eigenvalue weighted by molar-refractivity contribution is 0.620. The number of hydrogen-bond donors (Lipinski definition) is 1. The number of halogens is 1. The van der Waals surface area contributed by atoms with Crippen molar-refractivity contribution in [1.29, 1.82) is 0 Å². The Morgan fingerprint density at radius 1 is 1.50 bits per heavy atom. The molecule has 0 aromatic carbocycles. The minimum absolute atomic E-state index is 0.302. The van der Waals surface area contributed by atoms with E-state index >= 15 is 0 Å². The van der Waals surface area contributed by atoms with E-state index in [9.17, 15) is 4.39 Å². The lowest BCUT2D eigenvalue weighted by atomic mass is 10.3. The van der Waals surface area contributed by atoms with Crippen molar-refractivity contribution in [3.8, 4) is 0 Å². The van der Waals surface area contributed by atoms with E-state index < -0.39 is 0 Å². The number of rotatable bonds is 5. The van der Waals surface area contributed by atoms with Gasteiger partial charge in [-0.1, -0.05) is 0 Å². The highest BCUT2D eigenvalue weighted by Gasteiger charge is 2.04. The van der Waals surface area contributed by atoms with Crippen LogP contribution in [0.4, 0.5) is 10.2 Å². The first-order chi connectivity index (χ1) is 6.77. The second-order valence-electron chi connectivity index (χ2n) is 3.06. The number of aromatic nitrogens is 1. The molecule has 78 valence electrons. The molecule has 0 aliphatic heterocycles. The Morgan fingerprint density at radius 3 is 2.79 bits per heavy atom. The van der Waals surface area contributed by atoms with Crippen LogP contribution in [0.15, 0.2) is 18.3 Å². The van der Waals surface area contributed by atoms with Gasteiger partial charge < -0.3 is 10.6 Å². The zero-order valence-electron chi connectivity index (χ0n) is 8.41. The molecule has 0 aliphatic rings. The SMILES string of the molecule is CCN(CCCN)c1ccc(F)cn1. The molecule has 0 amide bonds. The molecule has 3 nitrogen and oxygen atoms in total. The lowest BCUT2D eigenvalue weighted by Gasteiger charge is -2.21. The summed E-state index contributed by atoms with van der Waals surface area (Å²) in [6.07, 6.45) is 2.16. The monoisotopic (exact) mass is 197 g/mol. The third-order valence-corrected chi connectivity index (χ3v) is 2.05. The first-order valence-corrected chi connectivity index (χ1v) is 4.84. The Bertz CT molecular complexity index is 261. The van der Waals surface area contributed by atoms with Crippen molar-refractivity contribution in [3.05, 3.63) is 24.1 Å². The summed E-state index contributed by atoms with van der Waals surface area (Å²) in [6.45, 7) is 4.43. The summed E-state index contributed by atoms with van der Waals surface area (Å²) in [5, 5.41) is 0. The summed E-state index contributed by atoms with van der Waals surface area (Å²) >= 11 is 0. The van der Waals surface area contributed by atoms with Gasteiger partial charge in [0, 0.05) is 13.1 Å². The highest BCUT2D eigenvalue weighted by atomic mass is 19.1. The van der Waals surface area contributed by atoms with Crippen molar-refractivity contribution in [2.45, 2.75) is 13.3 Å². The minimum Gasteiger partial charge on any atom is -0.357 e. The van der Waals surface area contributed by atoms with Gasteiger partial charge in [0.2, 0.25) is 0 Å². The first-order valence-electron chi connectivity index (χ1n) is 4.84. The van der Waals surface area contributed by atoms with Gasteiger partial charge in [-0.25, -0.2) is 9.37 Å². The number of pyridine rings is 1. The average molecular weight is 197 g/mol. The Hall–Kier alpha value is -1.16. The molecule has 1 heterocycles. The van der Waals surface area contributed by atoms with Crippen LogP contribution in [0.1, 0.15) is 13.3 Å². The molecule has 1 aromatic rings. The Morgan fingerprint density at radius 2 is 2.29 bits per heavy atom. The largest absolute Gasteiger partial charge is 0.357 e. The van der Waals surface area contributed by atoms with Crippen molar-refractivity contribution in [3.63, 3.8) is 0 Å². The van der Waals surface area contributed by atoms with Gasteiger partial charge in [0.05, 0.1) is 6.20 Å². The maximum atomic E-state index is 12.6. The van der Waals surface area contributed by atoms with Crippen molar-refractivity contribution >= 4 is 5.82 Å². The summed E-state index contributed by atoms with van der Waals surface area (Å²) in [4.78, 5) is 6.09. The van der Waals surface area contributed by atoms with Crippen LogP contribution >= 0.6 is 0 Å². The molecule has 2 N–H and O–H groups in total. The quantitative estimate of drug-likeness (QED) is 0.775. The molecule has 0 saturated heterocycles. The molecule has 1 rings (SSSR count). The Kier molecular flexibility index (Phi) is 4.32. The zero-order valence-corrected chi connectivity index (χ0v) is 8.41. The number of nitrogens with zero attached hydrogens (tertiary/aromatic N) is 2. The number of anilines is 1. The number of nitrogens with two attached hydrogens (primary N) is 1. The molecule has 4 heteroatoms. The van der Waals surface area contributed by atoms with E-state index in [4.69, 9.17) is 5.73 Å². The van der Waals surface area contributed by atoms with Crippen LogP contribution in [0.3, 0.4) is 0 Å². The molecule has 0 spiro atoms. The summed E-state index contributed by atoms with van der Waals surface area (Å²) in [6, 6.07) is 3.11. The van der Waals surface area contributed by atoms with E-state index in [1.807, 2.05) is 6.92 Å². The van der Waals surface area contributed by atoms with E-state index in [1.165, 1.54) is 12.3 Å². The molecule has 0 unspecified atom stereocenters. The Labute approximate surface area is 83.7 Å². The summed E-state index contributed by atoms with van der Waals surface area (Å²) < 4.78 is 12.6. The molecule has 1 aromatic heterocycles. The molecule has 0 fully saturated rings. The van der Waals surface area contributed by atoms with Crippen molar-refractivity contribution in [1.82, 2.24) is 4.98 Å². The van der Waals surface area contributed by atoms with Crippen LogP contribution < -0.4 is 10.6 Å². The first kappa shape index (κ1) is 10.9. The van der Waals surface area contributed by atoms with Crippen LogP contribution in [-0.2, 0) is 0 Å². The third kappa shape index (κ3) is 2.96. The normalized spacial score (nSPS) is 10.2. The molecular weight excluding hydrogens is 181 g/mol. The van der Waals surface area contributed by atoms with Crippen molar-refractivity contribution in [2.24, 2.45) is 5.73 Å². The van der Waals surface area contributed by atoms with Crippen LogP contribution in [-0.4, -0.2) is 24.6 Å². The molecule has 0 atom stereocenters. The fourth-order valence-corrected chi connectivity index (χ4v) is 1.27. The van der Waals surface area contributed by atoms with Gasteiger partial charge in [0.1, 0.15) is 11.6 Å². The van der Waals surface area contributed by atoms with E-state index in [0.717, 1.165) is 25.3 Å². The fraction of sp³-hybridized carbons (Fsp3) is 0.500.